The standard InChI is InChI=1S/C21H26N2O2/c1-15(20(24)23-21(2,14-22)18-10-11-18)25-19-12-8-17(9-13-19)16-6-4-3-5-7-16/h3-9,12-13,15,18H,10-11,14,22H2,1-2H3,(H,23,24). The zero-order valence-corrected chi connectivity index (χ0v) is 14.9. The van der Waals surface area contributed by atoms with Gasteiger partial charge in [-0.1, -0.05) is 42.5 Å². The molecule has 0 spiro atoms. The molecule has 4 heteroatoms. The van der Waals surface area contributed by atoms with Crippen LogP contribution in [0.25, 0.3) is 11.1 Å². The van der Waals surface area contributed by atoms with E-state index in [2.05, 4.69) is 17.4 Å². The molecule has 25 heavy (non-hydrogen) atoms. The largest absolute Gasteiger partial charge is 0.481 e. The molecule has 1 fully saturated rings. The molecule has 0 bridgehead atoms. The summed E-state index contributed by atoms with van der Waals surface area (Å²) in [6, 6.07) is 18.0. The van der Waals surface area contributed by atoms with Crippen LogP contribution in [0.4, 0.5) is 0 Å². The van der Waals surface area contributed by atoms with Gasteiger partial charge < -0.3 is 15.8 Å². The predicted octanol–water partition coefficient (Wildman–Crippen LogP) is 3.36. The van der Waals surface area contributed by atoms with Gasteiger partial charge in [-0.15, -0.1) is 0 Å². The number of carbonyl (C=O) groups is 1. The number of nitrogens with one attached hydrogen (secondary N) is 1. The van der Waals surface area contributed by atoms with Crippen LogP contribution in [0.15, 0.2) is 54.6 Å². The summed E-state index contributed by atoms with van der Waals surface area (Å²) in [6.45, 7) is 4.23. The number of carbonyl (C=O) groups excluding carboxylic acids is 1. The van der Waals surface area contributed by atoms with Crippen molar-refractivity contribution < 1.29 is 9.53 Å². The summed E-state index contributed by atoms with van der Waals surface area (Å²) in [7, 11) is 0. The van der Waals surface area contributed by atoms with Gasteiger partial charge in [-0.25, -0.2) is 0 Å². The Hall–Kier alpha value is -2.33. The molecule has 2 aromatic carbocycles. The zero-order chi connectivity index (χ0) is 17.9. The second-order valence-electron chi connectivity index (χ2n) is 7.04. The fraction of sp³-hybridized carbons (Fsp3) is 0.381. The van der Waals surface area contributed by atoms with E-state index in [0.717, 1.165) is 24.0 Å². The first-order valence-electron chi connectivity index (χ1n) is 8.86. The third-order valence-electron chi connectivity index (χ3n) is 4.95. The van der Waals surface area contributed by atoms with Crippen LogP contribution in [-0.2, 0) is 4.79 Å². The van der Waals surface area contributed by atoms with E-state index in [1.165, 1.54) is 0 Å². The molecule has 0 aliphatic heterocycles. The lowest BCUT2D eigenvalue weighted by Gasteiger charge is -2.31. The highest BCUT2D eigenvalue weighted by Crippen LogP contribution is 2.39. The summed E-state index contributed by atoms with van der Waals surface area (Å²) in [5.74, 6) is 1.05. The van der Waals surface area contributed by atoms with Crippen LogP contribution in [0.2, 0.25) is 0 Å². The highest BCUT2D eigenvalue weighted by Gasteiger charge is 2.42. The van der Waals surface area contributed by atoms with Gasteiger partial charge in [0.2, 0.25) is 0 Å². The molecule has 2 unspecified atom stereocenters. The van der Waals surface area contributed by atoms with E-state index < -0.39 is 6.10 Å². The summed E-state index contributed by atoms with van der Waals surface area (Å²) < 4.78 is 5.80. The van der Waals surface area contributed by atoms with E-state index >= 15 is 0 Å². The number of amides is 1. The molecule has 1 aliphatic rings. The summed E-state index contributed by atoms with van der Waals surface area (Å²) in [4.78, 5) is 12.5. The summed E-state index contributed by atoms with van der Waals surface area (Å²) in [6.07, 6.45) is 1.70. The molecule has 1 saturated carbocycles. The van der Waals surface area contributed by atoms with Crippen molar-refractivity contribution >= 4 is 5.91 Å². The van der Waals surface area contributed by atoms with Crippen molar-refractivity contribution in [2.24, 2.45) is 11.7 Å². The van der Waals surface area contributed by atoms with Crippen LogP contribution in [0.1, 0.15) is 26.7 Å². The van der Waals surface area contributed by atoms with Crippen LogP contribution in [-0.4, -0.2) is 24.1 Å². The van der Waals surface area contributed by atoms with Crippen LogP contribution < -0.4 is 15.8 Å². The van der Waals surface area contributed by atoms with Gasteiger partial charge in [0.1, 0.15) is 5.75 Å². The lowest BCUT2D eigenvalue weighted by Crippen LogP contribution is -2.56. The Morgan fingerprint density at radius 3 is 2.32 bits per heavy atom. The van der Waals surface area contributed by atoms with Gasteiger partial charge in [0.05, 0.1) is 5.54 Å². The first-order valence-corrected chi connectivity index (χ1v) is 8.86. The van der Waals surface area contributed by atoms with Crippen molar-refractivity contribution in [1.82, 2.24) is 5.32 Å². The molecule has 3 N–H and O–H groups in total. The van der Waals surface area contributed by atoms with E-state index in [9.17, 15) is 4.79 Å². The monoisotopic (exact) mass is 338 g/mol. The molecule has 3 rings (SSSR count). The lowest BCUT2D eigenvalue weighted by molar-refractivity contribution is -0.129. The minimum Gasteiger partial charge on any atom is -0.481 e. The molecular weight excluding hydrogens is 312 g/mol. The molecule has 1 amide bonds. The summed E-state index contributed by atoms with van der Waals surface area (Å²) in [5, 5.41) is 3.07. The van der Waals surface area contributed by atoms with E-state index in [0.29, 0.717) is 18.2 Å². The number of ether oxygens (including phenoxy) is 1. The average molecular weight is 338 g/mol. The Labute approximate surface area is 149 Å². The quantitative estimate of drug-likeness (QED) is 0.813. The molecule has 1 aliphatic carbocycles. The Kier molecular flexibility index (Phi) is 5.09. The highest BCUT2D eigenvalue weighted by molar-refractivity contribution is 5.81. The Morgan fingerprint density at radius 1 is 1.16 bits per heavy atom. The third kappa shape index (κ3) is 4.20. The maximum atomic E-state index is 12.5. The molecule has 0 saturated heterocycles. The average Bonchev–Trinajstić information content (AvgIpc) is 3.48. The van der Waals surface area contributed by atoms with Crippen LogP contribution >= 0.6 is 0 Å². The van der Waals surface area contributed by atoms with Crippen molar-refractivity contribution in [1.29, 1.82) is 0 Å². The Balaban J connectivity index is 1.60. The van der Waals surface area contributed by atoms with Gasteiger partial charge >= 0.3 is 0 Å². The topological polar surface area (TPSA) is 64.3 Å². The fourth-order valence-corrected chi connectivity index (χ4v) is 3.04. The molecular formula is C21H26N2O2. The smallest absolute Gasteiger partial charge is 0.261 e. The number of rotatable bonds is 7. The Morgan fingerprint density at radius 2 is 1.76 bits per heavy atom. The van der Waals surface area contributed by atoms with Gasteiger partial charge in [-0.2, -0.15) is 0 Å². The Bertz CT molecular complexity index is 710. The normalized spacial score (nSPS) is 17.4. The lowest BCUT2D eigenvalue weighted by atomic mass is 9.95. The summed E-state index contributed by atoms with van der Waals surface area (Å²) >= 11 is 0. The summed E-state index contributed by atoms with van der Waals surface area (Å²) in [5.41, 5.74) is 7.81. The molecule has 0 aromatic heterocycles. The molecule has 0 heterocycles. The molecule has 132 valence electrons. The van der Waals surface area contributed by atoms with E-state index in [1.807, 2.05) is 49.4 Å². The number of benzene rings is 2. The number of hydrogen-bond acceptors (Lipinski definition) is 3. The number of hydrogen-bond donors (Lipinski definition) is 2. The number of nitrogens with two attached hydrogens (primary N) is 1. The van der Waals surface area contributed by atoms with Crippen LogP contribution in [0.3, 0.4) is 0 Å². The maximum Gasteiger partial charge on any atom is 0.261 e. The van der Waals surface area contributed by atoms with E-state index in [4.69, 9.17) is 10.5 Å². The van der Waals surface area contributed by atoms with E-state index in [1.54, 1.807) is 6.92 Å². The first kappa shape index (κ1) is 17.5. The van der Waals surface area contributed by atoms with Crippen molar-refractivity contribution in [3.8, 4) is 16.9 Å². The van der Waals surface area contributed by atoms with Gasteiger partial charge in [-0.05, 0) is 55.9 Å². The zero-order valence-electron chi connectivity index (χ0n) is 14.9. The second kappa shape index (κ2) is 7.28. The van der Waals surface area contributed by atoms with Crippen molar-refractivity contribution in [2.45, 2.75) is 38.3 Å². The molecule has 2 atom stereocenters. The van der Waals surface area contributed by atoms with Gasteiger partial charge in [-0.3, -0.25) is 4.79 Å². The highest BCUT2D eigenvalue weighted by atomic mass is 16.5. The molecule has 2 aromatic rings. The minimum atomic E-state index is -0.563. The van der Waals surface area contributed by atoms with Crippen LogP contribution in [0.5, 0.6) is 5.75 Å². The van der Waals surface area contributed by atoms with Gasteiger partial charge in [0.25, 0.3) is 5.91 Å². The van der Waals surface area contributed by atoms with Crippen molar-refractivity contribution in [3.05, 3.63) is 54.6 Å². The minimum absolute atomic E-state index is 0.119. The molecule has 0 radical (unpaired) electrons. The van der Waals surface area contributed by atoms with Crippen LogP contribution in [0, 0.1) is 5.92 Å². The van der Waals surface area contributed by atoms with Crippen molar-refractivity contribution in [2.75, 3.05) is 6.54 Å². The molecule has 4 nitrogen and oxygen atoms in total. The predicted molar refractivity (Wildman–Crippen MR) is 100 cm³/mol. The maximum absolute atomic E-state index is 12.5. The first-order chi connectivity index (χ1) is 12.0. The van der Waals surface area contributed by atoms with Gasteiger partial charge in [0, 0.05) is 6.54 Å². The fourth-order valence-electron chi connectivity index (χ4n) is 3.04. The van der Waals surface area contributed by atoms with E-state index in [-0.39, 0.29) is 11.4 Å². The third-order valence-corrected chi connectivity index (χ3v) is 4.95. The van der Waals surface area contributed by atoms with Crippen molar-refractivity contribution in [3.63, 3.8) is 0 Å². The second-order valence-corrected chi connectivity index (χ2v) is 7.04. The van der Waals surface area contributed by atoms with Gasteiger partial charge in [0.15, 0.2) is 6.10 Å². The SMILES string of the molecule is CC(Oc1ccc(-c2ccccc2)cc1)C(=O)NC(C)(CN)C1CC1.